The quantitative estimate of drug-likeness (QED) is 0.287. The molecule has 0 unspecified atom stereocenters. The molecule has 0 saturated heterocycles. The topological polar surface area (TPSA) is 124 Å². The summed E-state index contributed by atoms with van der Waals surface area (Å²) in [6.45, 7) is 0.407. The van der Waals surface area contributed by atoms with E-state index in [4.69, 9.17) is 9.15 Å². The van der Waals surface area contributed by atoms with E-state index in [1.165, 1.54) is 18.4 Å². The van der Waals surface area contributed by atoms with Crippen molar-refractivity contribution in [2.24, 2.45) is 0 Å². The third-order valence-corrected chi connectivity index (χ3v) is 3.37. The first-order valence-corrected chi connectivity index (χ1v) is 7.97. The van der Waals surface area contributed by atoms with Gasteiger partial charge in [-0.15, -0.1) is 0 Å². The Morgan fingerprint density at radius 2 is 1.92 bits per heavy atom. The monoisotopic (exact) mass is 361 g/mol. The first-order chi connectivity index (χ1) is 12.5. The van der Waals surface area contributed by atoms with Gasteiger partial charge in [0.2, 0.25) is 0 Å². The standard InChI is InChI=1S/C17H19N3O6/c21-16(12-26-17(22)8-7-15-2-1-11-25-15)19-10-9-18-13-3-5-14(6-4-13)20(23)24/h1-6,11,18H,7-10,12H2,(H,19,21). The van der Waals surface area contributed by atoms with Gasteiger partial charge in [0, 0.05) is 37.3 Å². The molecule has 0 aliphatic carbocycles. The number of nitrogens with zero attached hydrogens (tertiary/aromatic N) is 1. The second-order valence-electron chi connectivity index (χ2n) is 5.32. The Kier molecular flexibility index (Phi) is 7.17. The van der Waals surface area contributed by atoms with Crippen LogP contribution in [-0.4, -0.2) is 36.5 Å². The van der Waals surface area contributed by atoms with E-state index in [0.717, 1.165) is 0 Å². The van der Waals surface area contributed by atoms with Crippen molar-refractivity contribution in [1.29, 1.82) is 0 Å². The number of furan rings is 1. The van der Waals surface area contributed by atoms with Crippen LogP contribution < -0.4 is 10.6 Å². The van der Waals surface area contributed by atoms with E-state index in [2.05, 4.69) is 10.6 Å². The number of hydrogen-bond donors (Lipinski definition) is 2. The van der Waals surface area contributed by atoms with Crippen molar-refractivity contribution >= 4 is 23.3 Å². The number of nitrogens with one attached hydrogen (secondary N) is 2. The zero-order valence-corrected chi connectivity index (χ0v) is 14.0. The normalized spacial score (nSPS) is 10.2. The third kappa shape index (κ3) is 6.63. The van der Waals surface area contributed by atoms with Crippen molar-refractivity contribution in [3.8, 4) is 0 Å². The molecule has 1 amide bonds. The van der Waals surface area contributed by atoms with E-state index in [1.807, 2.05) is 0 Å². The van der Waals surface area contributed by atoms with Gasteiger partial charge in [-0.25, -0.2) is 0 Å². The zero-order valence-electron chi connectivity index (χ0n) is 14.0. The van der Waals surface area contributed by atoms with E-state index in [9.17, 15) is 19.7 Å². The summed E-state index contributed by atoms with van der Waals surface area (Å²) in [5, 5.41) is 16.2. The summed E-state index contributed by atoms with van der Waals surface area (Å²) in [6, 6.07) is 9.45. The summed E-state index contributed by atoms with van der Waals surface area (Å²) >= 11 is 0. The molecular weight excluding hydrogens is 342 g/mol. The summed E-state index contributed by atoms with van der Waals surface area (Å²) in [7, 11) is 0. The molecular formula is C17H19N3O6. The lowest BCUT2D eigenvalue weighted by Crippen LogP contribution is -2.32. The minimum absolute atomic E-state index is 0.0118. The minimum atomic E-state index is -0.472. The van der Waals surface area contributed by atoms with Crippen LogP contribution in [0.15, 0.2) is 47.1 Å². The average Bonchev–Trinajstić information content (AvgIpc) is 3.16. The van der Waals surface area contributed by atoms with Gasteiger partial charge in [0.1, 0.15) is 5.76 Å². The summed E-state index contributed by atoms with van der Waals surface area (Å²) < 4.78 is 9.98. The number of carbonyl (C=O) groups is 2. The van der Waals surface area contributed by atoms with Gasteiger partial charge in [0.15, 0.2) is 6.61 Å². The molecule has 0 atom stereocenters. The number of nitro benzene ring substituents is 1. The molecule has 138 valence electrons. The lowest BCUT2D eigenvalue weighted by molar-refractivity contribution is -0.384. The van der Waals surface area contributed by atoms with Gasteiger partial charge in [-0.05, 0) is 24.3 Å². The summed E-state index contributed by atoms with van der Waals surface area (Å²) in [5.74, 6) is -0.189. The molecule has 1 aromatic carbocycles. The molecule has 0 fully saturated rings. The molecule has 0 spiro atoms. The first-order valence-electron chi connectivity index (χ1n) is 7.97. The van der Waals surface area contributed by atoms with E-state index < -0.39 is 16.8 Å². The Balaban J connectivity index is 1.55. The summed E-state index contributed by atoms with van der Waals surface area (Å²) in [5.41, 5.74) is 0.715. The minimum Gasteiger partial charge on any atom is -0.469 e. The second kappa shape index (κ2) is 9.82. The van der Waals surface area contributed by atoms with Crippen LogP contribution in [0.3, 0.4) is 0 Å². The number of amides is 1. The number of esters is 1. The number of non-ortho nitro benzene ring substituents is 1. The lowest BCUT2D eigenvalue weighted by atomic mass is 10.2. The lowest BCUT2D eigenvalue weighted by Gasteiger charge is -2.08. The highest BCUT2D eigenvalue weighted by Gasteiger charge is 2.08. The molecule has 2 rings (SSSR count). The predicted molar refractivity (Wildman–Crippen MR) is 92.6 cm³/mol. The number of rotatable bonds is 10. The van der Waals surface area contributed by atoms with Gasteiger partial charge >= 0.3 is 5.97 Å². The van der Waals surface area contributed by atoms with Crippen molar-refractivity contribution < 1.29 is 23.7 Å². The van der Waals surface area contributed by atoms with Gasteiger partial charge in [-0.1, -0.05) is 0 Å². The molecule has 26 heavy (non-hydrogen) atoms. The fourth-order valence-electron chi connectivity index (χ4n) is 2.06. The van der Waals surface area contributed by atoms with E-state index in [0.29, 0.717) is 31.0 Å². The van der Waals surface area contributed by atoms with Gasteiger partial charge in [-0.3, -0.25) is 19.7 Å². The van der Waals surface area contributed by atoms with E-state index >= 15 is 0 Å². The molecule has 1 aromatic heterocycles. The molecule has 0 radical (unpaired) electrons. The Morgan fingerprint density at radius 3 is 2.58 bits per heavy atom. The molecule has 9 nitrogen and oxygen atoms in total. The number of hydrogen-bond acceptors (Lipinski definition) is 7. The first kappa shape index (κ1) is 19.0. The molecule has 0 saturated carbocycles. The fourth-order valence-corrected chi connectivity index (χ4v) is 2.06. The SMILES string of the molecule is O=C(COC(=O)CCc1ccco1)NCCNc1ccc([N+](=O)[O-])cc1. The molecule has 0 bridgehead atoms. The highest BCUT2D eigenvalue weighted by atomic mass is 16.6. The number of nitro groups is 1. The number of carbonyl (C=O) groups excluding carboxylic acids is 2. The van der Waals surface area contributed by atoms with Crippen LogP contribution >= 0.6 is 0 Å². The summed E-state index contributed by atoms with van der Waals surface area (Å²) in [4.78, 5) is 33.2. The predicted octanol–water partition coefficient (Wildman–Crippen LogP) is 1.89. The molecule has 2 aromatic rings. The Hall–Kier alpha value is -3.36. The Labute approximate surface area is 149 Å². The number of aryl methyl sites for hydroxylation is 1. The maximum Gasteiger partial charge on any atom is 0.306 e. The van der Waals surface area contributed by atoms with Crippen LogP contribution in [0.5, 0.6) is 0 Å². The fraction of sp³-hybridized carbons (Fsp3) is 0.294. The highest BCUT2D eigenvalue weighted by Crippen LogP contribution is 2.14. The van der Waals surface area contributed by atoms with Gasteiger partial charge in [0.05, 0.1) is 17.6 Å². The van der Waals surface area contributed by atoms with Crippen molar-refractivity contribution in [3.63, 3.8) is 0 Å². The average molecular weight is 361 g/mol. The van der Waals surface area contributed by atoms with Crippen LogP contribution in [-0.2, 0) is 20.7 Å². The number of benzene rings is 1. The molecule has 9 heteroatoms. The maximum absolute atomic E-state index is 11.6. The van der Waals surface area contributed by atoms with Gasteiger partial charge in [0.25, 0.3) is 11.6 Å². The van der Waals surface area contributed by atoms with Crippen molar-refractivity contribution in [3.05, 3.63) is 58.5 Å². The van der Waals surface area contributed by atoms with Crippen LogP contribution in [0, 0.1) is 10.1 Å². The van der Waals surface area contributed by atoms with Gasteiger partial charge in [-0.2, -0.15) is 0 Å². The van der Waals surface area contributed by atoms with Crippen molar-refractivity contribution in [2.75, 3.05) is 25.0 Å². The molecule has 0 aliphatic heterocycles. The van der Waals surface area contributed by atoms with Crippen molar-refractivity contribution in [2.45, 2.75) is 12.8 Å². The van der Waals surface area contributed by atoms with Crippen LogP contribution in [0.2, 0.25) is 0 Å². The Morgan fingerprint density at radius 1 is 1.15 bits per heavy atom. The summed E-state index contributed by atoms with van der Waals surface area (Å²) in [6.07, 6.45) is 2.09. The maximum atomic E-state index is 11.6. The molecule has 0 aliphatic rings. The highest BCUT2D eigenvalue weighted by molar-refractivity contribution is 5.80. The van der Waals surface area contributed by atoms with Crippen LogP contribution in [0.4, 0.5) is 11.4 Å². The molecule has 1 heterocycles. The second-order valence-corrected chi connectivity index (χ2v) is 5.32. The largest absolute Gasteiger partial charge is 0.469 e. The van der Waals surface area contributed by atoms with Gasteiger partial charge < -0.3 is 19.8 Å². The number of ether oxygens (including phenoxy) is 1. The van der Waals surface area contributed by atoms with E-state index in [1.54, 1.807) is 24.3 Å². The number of anilines is 1. The van der Waals surface area contributed by atoms with Crippen LogP contribution in [0.1, 0.15) is 12.2 Å². The van der Waals surface area contributed by atoms with E-state index in [-0.39, 0.29) is 18.7 Å². The Bertz CT molecular complexity index is 727. The third-order valence-electron chi connectivity index (χ3n) is 3.37. The smallest absolute Gasteiger partial charge is 0.306 e. The molecule has 2 N–H and O–H groups in total. The zero-order chi connectivity index (χ0) is 18.8. The van der Waals surface area contributed by atoms with Crippen LogP contribution in [0.25, 0.3) is 0 Å². The van der Waals surface area contributed by atoms with Crippen molar-refractivity contribution in [1.82, 2.24) is 5.32 Å².